The third-order valence-corrected chi connectivity index (χ3v) is 0.676. The van der Waals surface area contributed by atoms with E-state index in [2.05, 4.69) is 4.99 Å². The van der Waals surface area contributed by atoms with Crippen LogP contribution in [0.25, 0.3) is 0 Å². The van der Waals surface area contributed by atoms with Crippen molar-refractivity contribution in [3.8, 4) is 0 Å². The van der Waals surface area contributed by atoms with E-state index < -0.39 is 0 Å². The average Bonchev–Trinajstić information content (AvgIpc) is 1.69. The number of rotatable bonds is 0. The van der Waals surface area contributed by atoms with Gasteiger partial charge in [0.05, 0.1) is 12.7 Å². The molecule has 4 heteroatoms. The molecule has 0 radical (unpaired) electrons. The van der Waals surface area contributed by atoms with Crippen LogP contribution in [-0.2, 0) is 0 Å². The predicted molar refractivity (Wildman–Crippen MR) is 32.7 cm³/mol. The van der Waals surface area contributed by atoms with Gasteiger partial charge in [-0.3, -0.25) is 4.99 Å². The highest BCUT2D eigenvalue weighted by Crippen LogP contribution is 1.92. The van der Waals surface area contributed by atoms with Gasteiger partial charge in [-0.25, -0.2) is 5.12 Å². The average molecular weight is 137 g/mol. The Morgan fingerprint density at radius 2 is 2.38 bits per heavy atom. The first kappa shape index (κ1) is 7.43. The Hall–Kier alpha value is -0.570. The molecule has 8 heavy (non-hydrogen) atoms. The van der Waals surface area contributed by atoms with Crippen LogP contribution in [-0.4, -0.2) is 17.9 Å². The van der Waals surface area contributed by atoms with Crippen molar-refractivity contribution in [2.24, 2.45) is 4.99 Å². The van der Waals surface area contributed by atoms with Crippen LogP contribution in [0.1, 0.15) is 0 Å². The first-order chi connectivity index (χ1) is 3.39. The van der Waals surface area contributed by atoms with Gasteiger partial charge in [0.25, 0.3) is 0 Å². The fraction of sp³-hybridized carbons (Fsp3) is 0.250. The molecule has 1 heterocycles. The SMILES string of the molecule is Cl.FN1C=CN=CC1. The van der Waals surface area contributed by atoms with Gasteiger partial charge in [-0.2, -0.15) is 0 Å². The van der Waals surface area contributed by atoms with Crippen molar-refractivity contribution >= 4 is 18.6 Å². The van der Waals surface area contributed by atoms with Gasteiger partial charge in [-0.05, 0) is 0 Å². The molecule has 0 aromatic rings. The Labute approximate surface area is 53.0 Å². The Balaban J connectivity index is 0.000000490. The first-order valence-corrected chi connectivity index (χ1v) is 2.00. The Kier molecular flexibility index (Phi) is 3.19. The molecule has 0 fully saturated rings. The molecule has 0 saturated heterocycles. The maximum Gasteiger partial charge on any atom is 0.0852 e. The molecule has 1 aliphatic heterocycles. The zero-order valence-electron chi connectivity index (χ0n) is 4.12. The summed E-state index contributed by atoms with van der Waals surface area (Å²) in [6.07, 6.45) is 4.18. The van der Waals surface area contributed by atoms with Crippen molar-refractivity contribution in [3.05, 3.63) is 12.4 Å². The molecule has 0 atom stereocenters. The molecule has 0 spiro atoms. The number of nitrogens with zero attached hydrogens (tertiary/aromatic N) is 2. The first-order valence-electron chi connectivity index (χ1n) is 2.00. The van der Waals surface area contributed by atoms with Crippen LogP contribution in [0.4, 0.5) is 4.48 Å². The molecule has 1 rings (SSSR count). The lowest BCUT2D eigenvalue weighted by Gasteiger charge is -2.04. The summed E-state index contributed by atoms with van der Waals surface area (Å²) in [7, 11) is 0. The second-order valence-corrected chi connectivity index (χ2v) is 1.21. The van der Waals surface area contributed by atoms with E-state index in [1.165, 1.54) is 18.6 Å². The minimum Gasteiger partial charge on any atom is -0.265 e. The van der Waals surface area contributed by atoms with E-state index in [0.717, 1.165) is 0 Å². The van der Waals surface area contributed by atoms with Crippen LogP contribution in [0.2, 0.25) is 0 Å². The van der Waals surface area contributed by atoms with Gasteiger partial charge in [0.2, 0.25) is 0 Å². The maximum absolute atomic E-state index is 11.8. The zero-order chi connectivity index (χ0) is 5.11. The topological polar surface area (TPSA) is 15.6 Å². The summed E-state index contributed by atoms with van der Waals surface area (Å²) in [5.74, 6) is 0. The highest BCUT2D eigenvalue weighted by atomic mass is 35.5. The minimum absolute atomic E-state index is 0. The quantitative estimate of drug-likeness (QED) is 0.456. The summed E-state index contributed by atoms with van der Waals surface area (Å²) < 4.78 is 11.8. The molecular formula is C4H6ClFN2. The van der Waals surface area contributed by atoms with Crippen LogP contribution in [0.15, 0.2) is 17.4 Å². The zero-order valence-corrected chi connectivity index (χ0v) is 4.94. The van der Waals surface area contributed by atoms with E-state index in [9.17, 15) is 4.48 Å². The number of hydrogen-bond acceptors (Lipinski definition) is 2. The van der Waals surface area contributed by atoms with Crippen molar-refractivity contribution in [1.82, 2.24) is 5.12 Å². The lowest BCUT2D eigenvalue weighted by Crippen LogP contribution is -2.09. The summed E-state index contributed by atoms with van der Waals surface area (Å²) in [5, 5.41) is 0.562. The fourth-order valence-electron chi connectivity index (χ4n) is 0.358. The number of halogens is 2. The van der Waals surface area contributed by atoms with Crippen molar-refractivity contribution in [2.75, 3.05) is 6.54 Å². The van der Waals surface area contributed by atoms with E-state index in [1.54, 1.807) is 0 Å². The summed E-state index contributed by atoms with van der Waals surface area (Å²) in [5.41, 5.74) is 0. The highest BCUT2D eigenvalue weighted by Gasteiger charge is 1.92. The van der Waals surface area contributed by atoms with Gasteiger partial charge in [0.1, 0.15) is 0 Å². The molecule has 1 aliphatic rings. The van der Waals surface area contributed by atoms with E-state index in [4.69, 9.17) is 0 Å². The fourth-order valence-corrected chi connectivity index (χ4v) is 0.358. The monoisotopic (exact) mass is 136 g/mol. The summed E-state index contributed by atoms with van der Waals surface area (Å²) >= 11 is 0. The van der Waals surface area contributed by atoms with Gasteiger partial charge in [0.15, 0.2) is 0 Å². The third-order valence-electron chi connectivity index (χ3n) is 0.676. The smallest absolute Gasteiger partial charge is 0.0852 e. The van der Waals surface area contributed by atoms with Crippen molar-refractivity contribution in [3.63, 3.8) is 0 Å². The normalized spacial score (nSPS) is 15.9. The molecule has 0 aromatic carbocycles. The van der Waals surface area contributed by atoms with Crippen LogP contribution in [0, 0.1) is 0 Å². The van der Waals surface area contributed by atoms with Gasteiger partial charge in [0, 0.05) is 12.4 Å². The largest absolute Gasteiger partial charge is 0.265 e. The standard InChI is InChI=1S/C4H5FN2.ClH/c5-7-3-1-6-2-4-7;/h1-3H,4H2;1H. The van der Waals surface area contributed by atoms with Crippen molar-refractivity contribution in [1.29, 1.82) is 0 Å². The molecular weight excluding hydrogens is 131 g/mol. The molecule has 2 nitrogen and oxygen atoms in total. The van der Waals surface area contributed by atoms with Crippen LogP contribution in [0.3, 0.4) is 0 Å². The molecule has 46 valence electrons. The van der Waals surface area contributed by atoms with Crippen molar-refractivity contribution in [2.45, 2.75) is 0 Å². The molecule has 0 aromatic heterocycles. The maximum atomic E-state index is 11.8. The van der Waals surface area contributed by atoms with Gasteiger partial charge in [-0.15, -0.1) is 16.9 Å². The molecule has 0 aliphatic carbocycles. The van der Waals surface area contributed by atoms with Crippen LogP contribution >= 0.6 is 12.4 Å². The molecule has 0 saturated carbocycles. The molecule has 0 amide bonds. The summed E-state index contributed by atoms with van der Waals surface area (Å²) in [6.45, 7) is 0.274. The molecule has 0 bridgehead atoms. The minimum atomic E-state index is 0. The highest BCUT2D eigenvalue weighted by molar-refractivity contribution is 5.85. The van der Waals surface area contributed by atoms with E-state index in [0.29, 0.717) is 5.12 Å². The van der Waals surface area contributed by atoms with Crippen molar-refractivity contribution < 1.29 is 4.48 Å². The van der Waals surface area contributed by atoms with E-state index >= 15 is 0 Å². The molecule has 0 unspecified atom stereocenters. The number of aliphatic imine (C=N–C) groups is 1. The predicted octanol–water partition coefficient (Wildman–Crippen LogP) is 1.15. The van der Waals surface area contributed by atoms with Crippen LogP contribution < -0.4 is 0 Å². The van der Waals surface area contributed by atoms with Gasteiger partial charge < -0.3 is 0 Å². The summed E-state index contributed by atoms with van der Waals surface area (Å²) in [4.78, 5) is 3.64. The Morgan fingerprint density at radius 3 is 2.62 bits per heavy atom. The lowest BCUT2D eigenvalue weighted by atomic mass is 10.6. The third kappa shape index (κ3) is 1.93. The Bertz CT molecular complexity index is 113. The summed E-state index contributed by atoms with van der Waals surface area (Å²) in [6, 6.07) is 0. The second kappa shape index (κ2) is 3.43. The second-order valence-electron chi connectivity index (χ2n) is 1.21. The molecule has 0 N–H and O–H groups in total. The van der Waals surface area contributed by atoms with Gasteiger partial charge in [-0.1, -0.05) is 0 Å². The van der Waals surface area contributed by atoms with Crippen LogP contribution in [0.5, 0.6) is 0 Å². The van der Waals surface area contributed by atoms with E-state index in [-0.39, 0.29) is 19.0 Å². The lowest BCUT2D eigenvalue weighted by molar-refractivity contribution is 0.112. The van der Waals surface area contributed by atoms with E-state index in [1.807, 2.05) is 0 Å². The number of hydrogen-bond donors (Lipinski definition) is 0. The van der Waals surface area contributed by atoms with Gasteiger partial charge >= 0.3 is 0 Å². The Morgan fingerprint density at radius 1 is 1.62 bits per heavy atom.